The maximum atomic E-state index is 11.6. The summed E-state index contributed by atoms with van der Waals surface area (Å²) in [6.07, 6.45) is 3.50. The zero-order valence-corrected chi connectivity index (χ0v) is 13.0. The number of hydrogen-bond acceptors (Lipinski definition) is 7. The lowest BCUT2D eigenvalue weighted by Gasteiger charge is -2.06. The lowest BCUT2D eigenvalue weighted by atomic mass is 10.2. The van der Waals surface area contributed by atoms with Gasteiger partial charge in [0.25, 0.3) is 14.2 Å². The number of aromatic nitrogens is 5. The van der Waals surface area contributed by atoms with Crippen molar-refractivity contribution in [2.24, 2.45) is 0 Å². The summed E-state index contributed by atoms with van der Waals surface area (Å²) in [6, 6.07) is 0.0973. The lowest BCUT2D eigenvalue weighted by Crippen LogP contribution is -2.06. The van der Waals surface area contributed by atoms with Gasteiger partial charge in [0.1, 0.15) is 4.88 Å². The van der Waals surface area contributed by atoms with Crippen molar-refractivity contribution in [1.29, 1.82) is 0 Å². The van der Waals surface area contributed by atoms with Crippen LogP contribution >= 0.6 is 22.2 Å². The molecular formula is C10H12ClN5O2S2. The SMILES string of the molecule is CCCc1nnsc1-c1nnc(S(=O)(=O)Cl)n1C1CC1. The molecule has 1 fully saturated rings. The first-order chi connectivity index (χ1) is 9.52. The van der Waals surface area contributed by atoms with Crippen molar-refractivity contribution in [2.75, 3.05) is 0 Å². The van der Waals surface area contributed by atoms with Crippen LogP contribution in [0.1, 0.15) is 37.9 Å². The Morgan fingerprint density at radius 3 is 2.70 bits per heavy atom. The van der Waals surface area contributed by atoms with E-state index < -0.39 is 9.05 Å². The summed E-state index contributed by atoms with van der Waals surface area (Å²) in [4.78, 5) is 0.776. The van der Waals surface area contributed by atoms with E-state index in [0.717, 1.165) is 36.3 Å². The van der Waals surface area contributed by atoms with E-state index in [1.807, 2.05) is 6.92 Å². The predicted molar refractivity (Wildman–Crippen MR) is 74.2 cm³/mol. The largest absolute Gasteiger partial charge is 0.296 e. The summed E-state index contributed by atoms with van der Waals surface area (Å²) in [5, 5.41) is 11.7. The molecule has 2 aromatic heterocycles. The van der Waals surface area contributed by atoms with E-state index in [2.05, 4.69) is 19.8 Å². The van der Waals surface area contributed by atoms with Gasteiger partial charge in [0, 0.05) is 16.7 Å². The van der Waals surface area contributed by atoms with Crippen LogP contribution in [-0.4, -0.2) is 32.8 Å². The second-order valence-electron chi connectivity index (χ2n) is 4.64. The van der Waals surface area contributed by atoms with Gasteiger partial charge in [-0.3, -0.25) is 4.57 Å². The fourth-order valence-corrected chi connectivity index (χ4v) is 3.65. The average molecular weight is 334 g/mol. The molecule has 0 N–H and O–H groups in total. The Kier molecular flexibility index (Phi) is 3.51. The van der Waals surface area contributed by atoms with Crippen molar-refractivity contribution in [1.82, 2.24) is 24.4 Å². The van der Waals surface area contributed by atoms with Gasteiger partial charge in [-0.2, -0.15) is 0 Å². The van der Waals surface area contributed by atoms with E-state index in [-0.39, 0.29) is 11.2 Å². The van der Waals surface area contributed by atoms with Crippen molar-refractivity contribution in [2.45, 2.75) is 43.8 Å². The zero-order valence-electron chi connectivity index (χ0n) is 10.7. The Morgan fingerprint density at radius 2 is 2.10 bits per heavy atom. The summed E-state index contributed by atoms with van der Waals surface area (Å²) < 4.78 is 28.7. The normalized spacial score (nSPS) is 15.7. The minimum atomic E-state index is -3.91. The number of halogens is 1. The third kappa shape index (κ3) is 2.45. The predicted octanol–water partition coefficient (Wildman–Crippen LogP) is 2.01. The highest BCUT2D eigenvalue weighted by atomic mass is 35.7. The zero-order chi connectivity index (χ0) is 14.3. The van der Waals surface area contributed by atoms with Gasteiger partial charge in [-0.25, -0.2) is 8.42 Å². The first kappa shape index (κ1) is 13.9. The van der Waals surface area contributed by atoms with E-state index in [1.54, 1.807) is 4.57 Å². The van der Waals surface area contributed by atoms with Gasteiger partial charge in [0.2, 0.25) is 0 Å². The molecule has 0 atom stereocenters. The minimum absolute atomic E-state index is 0.0973. The molecule has 7 nitrogen and oxygen atoms in total. The van der Waals surface area contributed by atoms with Gasteiger partial charge < -0.3 is 0 Å². The van der Waals surface area contributed by atoms with Crippen LogP contribution in [0.4, 0.5) is 0 Å². The fourth-order valence-electron chi connectivity index (χ4n) is 2.04. The minimum Gasteiger partial charge on any atom is -0.293 e. The molecule has 3 rings (SSSR count). The molecular weight excluding hydrogens is 322 g/mol. The Balaban J connectivity index is 2.15. The molecule has 20 heavy (non-hydrogen) atoms. The van der Waals surface area contributed by atoms with E-state index in [1.165, 1.54) is 11.5 Å². The van der Waals surface area contributed by atoms with Crippen LogP contribution in [0.5, 0.6) is 0 Å². The highest BCUT2D eigenvalue weighted by Crippen LogP contribution is 2.41. The molecule has 108 valence electrons. The summed E-state index contributed by atoms with van der Waals surface area (Å²) in [5.74, 6) is 0.505. The Labute approximate surface area is 124 Å². The van der Waals surface area contributed by atoms with E-state index >= 15 is 0 Å². The van der Waals surface area contributed by atoms with Crippen LogP contribution in [0.25, 0.3) is 10.7 Å². The van der Waals surface area contributed by atoms with Gasteiger partial charge in [-0.15, -0.1) is 15.3 Å². The van der Waals surface area contributed by atoms with E-state index in [0.29, 0.717) is 5.82 Å². The van der Waals surface area contributed by atoms with Crippen LogP contribution in [0, 0.1) is 0 Å². The molecule has 1 aliphatic carbocycles. The standard InChI is InChI=1S/C10H12ClN5O2S2/c1-2-3-7-8(19-15-12-7)9-13-14-10(20(11,17)18)16(9)6-4-5-6/h6H,2-5H2,1H3. The maximum Gasteiger partial charge on any atom is 0.296 e. The average Bonchev–Trinajstić information content (AvgIpc) is 2.94. The summed E-state index contributed by atoms with van der Waals surface area (Å²) in [5.41, 5.74) is 0.824. The van der Waals surface area contributed by atoms with Gasteiger partial charge >= 0.3 is 0 Å². The van der Waals surface area contributed by atoms with E-state index in [9.17, 15) is 8.42 Å². The molecule has 0 unspecified atom stereocenters. The number of aryl methyl sites for hydroxylation is 1. The van der Waals surface area contributed by atoms with Gasteiger partial charge in [0.15, 0.2) is 5.82 Å². The van der Waals surface area contributed by atoms with Crippen LogP contribution < -0.4 is 0 Å². The Morgan fingerprint density at radius 1 is 1.35 bits per heavy atom. The maximum absolute atomic E-state index is 11.6. The molecule has 1 saturated carbocycles. The van der Waals surface area contributed by atoms with Gasteiger partial charge in [-0.1, -0.05) is 17.8 Å². The smallest absolute Gasteiger partial charge is 0.293 e. The Hall–Kier alpha value is -1.06. The van der Waals surface area contributed by atoms with Crippen molar-refractivity contribution in [3.63, 3.8) is 0 Å². The van der Waals surface area contributed by atoms with Crippen molar-refractivity contribution < 1.29 is 8.42 Å². The quantitative estimate of drug-likeness (QED) is 0.777. The van der Waals surface area contributed by atoms with Crippen LogP contribution in [0.15, 0.2) is 5.16 Å². The second-order valence-corrected chi connectivity index (χ2v) is 7.86. The first-order valence-corrected chi connectivity index (χ1v) is 9.31. The molecule has 0 aliphatic heterocycles. The third-order valence-electron chi connectivity index (χ3n) is 3.04. The number of nitrogens with zero attached hydrogens (tertiary/aromatic N) is 5. The molecule has 0 aromatic carbocycles. The summed E-state index contributed by atoms with van der Waals surface area (Å²) >= 11 is 1.20. The molecule has 10 heteroatoms. The molecule has 2 heterocycles. The monoisotopic (exact) mass is 333 g/mol. The molecule has 0 bridgehead atoms. The topological polar surface area (TPSA) is 90.6 Å². The molecule has 1 aliphatic rings. The molecule has 2 aromatic rings. The van der Waals surface area contributed by atoms with Crippen molar-refractivity contribution in [3.8, 4) is 10.7 Å². The number of hydrogen-bond donors (Lipinski definition) is 0. The van der Waals surface area contributed by atoms with Crippen LogP contribution in [0.3, 0.4) is 0 Å². The molecule has 0 saturated heterocycles. The second kappa shape index (κ2) is 5.05. The molecule has 0 spiro atoms. The summed E-state index contributed by atoms with van der Waals surface area (Å²) in [7, 11) is 1.52. The van der Waals surface area contributed by atoms with Gasteiger partial charge in [0.05, 0.1) is 5.69 Å². The van der Waals surface area contributed by atoms with Crippen LogP contribution in [-0.2, 0) is 15.5 Å². The van der Waals surface area contributed by atoms with Crippen LogP contribution in [0.2, 0.25) is 0 Å². The first-order valence-electron chi connectivity index (χ1n) is 6.23. The summed E-state index contributed by atoms with van der Waals surface area (Å²) in [6.45, 7) is 2.05. The lowest BCUT2D eigenvalue weighted by molar-refractivity contribution is 0.579. The van der Waals surface area contributed by atoms with Crippen molar-refractivity contribution in [3.05, 3.63) is 5.69 Å². The number of rotatable bonds is 5. The highest BCUT2D eigenvalue weighted by molar-refractivity contribution is 8.13. The van der Waals surface area contributed by atoms with E-state index in [4.69, 9.17) is 10.7 Å². The fraction of sp³-hybridized carbons (Fsp3) is 0.600. The van der Waals surface area contributed by atoms with Crippen molar-refractivity contribution >= 4 is 31.3 Å². The third-order valence-corrected chi connectivity index (χ3v) is 4.93. The highest BCUT2D eigenvalue weighted by Gasteiger charge is 2.35. The Bertz CT molecular complexity index is 735. The van der Waals surface area contributed by atoms with Gasteiger partial charge in [-0.05, 0) is 30.8 Å². The molecule has 0 amide bonds. The molecule has 0 radical (unpaired) electrons.